The monoisotopic (exact) mass is 496 g/mol. The quantitative estimate of drug-likeness (QED) is 0.217. The molecular weight excluding hydrogens is 479 g/mol. The van der Waals surface area contributed by atoms with E-state index in [0.717, 1.165) is 15.8 Å². The molecule has 0 radical (unpaired) electrons. The van der Waals surface area contributed by atoms with Gasteiger partial charge in [-0.25, -0.2) is 0 Å². The summed E-state index contributed by atoms with van der Waals surface area (Å²) in [4.78, 5) is 0.678. The Hall–Kier alpha value is -1.53. The van der Waals surface area contributed by atoms with Gasteiger partial charge in [-0.1, -0.05) is 44.3 Å². The van der Waals surface area contributed by atoms with Crippen LogP contribution in [0.5, 0.6) is 0 Å². The Morgan fingerprint density at radius 2 is 1.64 bits per heavy atom. The Balaban J connectivity index is 2.00. The largest absolute Gasteiger partial charge is 0.410 e. The SMILES string of the molecule is Cc1c(C)c(Nc2ccc(C(=NO)c3sccc3Cl)c(Cl)c2)c(C)c(C)c1Br. The zero-order chi connectivity index (χ0) is 20.6. The van der Waals surface area contributed by atoms with Crippen LogP contribution in [-0.4, -0.2) is 10.9 Å². The highest BCUT2D eigenvalue weighted by molar-refractivity contribution is 9.10. The molecule has 0 fully saturated rings. The number of oxime groups is 1. The Labute approximate surface area is 187 Å². The topological polar surface area (TPSA) is 44.6 Å². The van der Waals surface area contributed by atoms with E-state index in [4.69, 9.17) is 23.2 Å². The first-order chi connectivity index (χ1) is 13.3. The molecule has 0 aliphatic heterocycles. The molecule has 28 heavy (non-hydrogen) atoms. The summed E-state index contributed by atoms with van der Waals surface area (Å²) in [5.41, 5.74) is 7.67. The van der Waals surface area contributed by atoms with Crippen molar-refractivity contribution < 1.29 is 5.21 Å². The summed E-state index contributed by atoms with van der Waals surface area (Å²) < 4.78 is 1.14. The molecule has 0 spiro atoms. The molecule has 0 atom stereocenters. The van der Waals surface area contributed by atoms with Gasteiger partial charge in [-0.3, -0.25) is 0 Å². The molecule has 2 aromatic carbocycles. The summed E-state index contributed by atoms with van der Waals surface area (Å²) in [6.45, 7) is 8.39. The van der Waals surface area contributed by atoms with E-state index in [1.54, 1.807) is 6.07 Å². The van der Waals surface area contributed by atoms with E-state index >= 15 is 0 Å². The maximum absolute atomic E-state index is 9.52. The van der Waals surface area contributed by atoms with Crippen LogP contribution in [0.2, 0.25) is 10.0 Å². The third-order valence-electron chi connectivity index (χ3n) is 4.96. The van der Waals surface area contributed by atoms with Crippen molar-refractivity contribution in [1.82, 2.24) is 0 Å². The van der Waals surface area contributed by atoms with Crippen LogP contribution in [0.15, 0.2) is 39.3 Å². The summed E-state index contributed by atoms with van der Waals surface area (Å²) in [6.07, 6.45) is 0. The molecule has 1 aromatic heterocycles. The van der Waals surface area contributed by atoms with E-state index in [0.29, 0.717) is 26.2 Å². The highest BCUT2D eigenvalue weighted by Crippen LogP contribution is 2.36. The average molecular weight is 498 g/mol. The predicted octanol–water partition coefficient (Wildman–Crippen LogP) is 8.02. The van der Waals surface area contributed by atoms with Gasteiger partial charge in [-0.05, 0) is 79.6 Å². The van der Waals surface area contributed by atoms with Gasteiger partial charge in [0.2, 0.25) is 0 Å². The lowest BCUT2D eigenvalue weighted by Crippen LogP contribution is -2.05. The number of rotatable bonds is 4. The van der Waals surface area contributed by atoms with Gasteiger partial charge in [-0.15, -0.1) is 11.3 Å². The van der Waals surface area contributed by atoms with E-state index in [1.807, 2.05) is 23.6 Å². The van der Waals surface area contributed by atoms with Gasteiger partial charge in [0.05, 0.1) is 14.9 Å². The first kappa shape index (κ1) is 21.2. The molecule has 0 aliphatic rings. The Kier molecular flexibility index (Phi) is 6.40. The Morgan fingerprint density at radius 1 is 1.00 bits per heavy atom. The van der Waals surface area contributed by atoms with Crippen molar-refractivity contribution in [3.63, 3.8) is 0 Å². The second-order valence-corrected chi connectivity index (χ2v) is 9.08. The van der Waals surface area contributed by atoms with E-state index < -0.39 is 0 Å². The highest BCUT2D eigenvalue weighted by Gasteiger charge is 2.18. The molecule has 2 N–H and O–H groups in total. The second kappa shape index (κ2) is 8.46. The highest BCUT2D eigenvalue weighted by atomic mass is 79.9. The van der Waals surface area contributed by atoms with Gasteiger partial charge in [0, 0.05) is 21.4 Å². The first-order valence-electron chi connectivity index (χ1n) is 8.54. The molecule has 3 rings (SSSR count). The number of hydrogen-bond acceptors (Lipinski definition) is 4. The zero-order valence-electron chi connectivity index (χ0n) is 15.8. The molecule has 0 aliphatic carbocycles. The summed E-state index contributed by atoms with van der Waals surface area (Å²) in [7, 11) is 0. The van der Waals surface area contributed by atoms with Gasteiger partial charge in [-0.2, -0.15) is 0 Å². The van der Waals surface area contributed by atoms with Gasteiger partial charge in [0.25, 0.3) is 0 Å². The fourth-order valence-corrected chi connectivity index (χ4v) is 5.08. The first-order valence-corrected chi connectivity index (χ1v) is 11.0. The van der Waals surface area contributed by atoms with Crippen LogP contribution in [0.4, 0.5) is 11.4 Å². The maximum Gasteiger partial charge on any atom is 0.130 e. The van der Waals surface area contributed by atoms with Crippen LogP contribution in [0.1, 0.15) is 32.7 Å². The van der Waals surface area contributed by atoms with Crippen LogP contribution in [0, 0.1) is 27.7 Å². The molecule has 0 saturated carbocycles. The lowest BCUT2D eigenvalue weighted by Gasteiger charge is -2.19. The molecule has 0 bridgehead atoms. The second-order valence-electron chi connectivity index (χ2n) is 6.55. The van der Waals surface area contributed by atoms with Crippen molar-refractivity contribution in [2.24, 2.45) is 5.16 Å². The van der Waals surface area contributed by atoms with Crippen molar-refractivity contribution in [3.8, 4) is 0 Å². The number of nitrogens with zero attached hydrogens (tertiary/aromatic N) is 1. The molecule has 3 nitrogen and oxygen atoms in total. The smallest absolute Gasteiger partial charge is 0.130 e. The molecule has 1 heterocycles. The number of halogens is 3. The fourth-order valence-electron chi connectivity index (χ4n) is 3.07. The minimum absolute atomic E-state index is 0.360. The van der Waals surface area contributed by atoms with Crippen LogP contribution >= 0.6 is 50.5 Å². The molecule has 7 heteroatoms. The lowest BCUT2D eigenvalue weighted by atomic mass is 9.98. The number of anilines is 2. The molecule has 3 aromatic rings. The normalized spacial score (nSPS) is 11.8. The molecule has 0 amide bonds. The number of thiophene rings is 1. The van der Waals surface area contributed by atoms with Crippen molar-refractivity contribution in [1.29, 1.82) is 0 Å². The molecule has 146 valence electrons. The zero-order valence-corrected chi connectivity index (χ0v) is 19.7. The number of hydrogen-bond donors (Lipinski definition) is 2. The van der Waals surface area contributed by atoms with Gasteiger partial charge in [0.15, 0.2) is 0 Å². The van der Waals surface area contributed by atoms with Gasteiger partial charge >= 0.3 is 0 Å². The van der Waals surface area contributed by atoms with Crippen LogP contribution in [0.25, 0.3) is 0 Å². The summed E-state index contributed by atoms with van der Waals surface area (Å²) in [6, 6.07) is 7.34. The van der Waals surface area contributed by atoms with E-state index in [9.17, 15) is 5.21 Å². The third kappa shape index (κ3) is 3.81. The standard InChI is InChI=1S/C21H19BrCl2N2OS/c1-10-12(3)19(13(4)11(2)18(10)22)25-14-5-6-15(17(24)9-14)20(26-27)21-16(23)7-8-28-21/h5-9,25,27H,1-4H3. The van der Waals surface area contributed by atoms with E-state index in [2.05, 4.69) is 54.1 Å². The van der Waals surface area contributed by atoms with Gasteiger partial charge < -0.3 is 10.5 Å². The van der Waals surface area contributed by atoms with Crippen LogP contribution in [0.3, 0.4) is 0 Å². The Bertz CT molecular complexity index is 1060. The Morgan fingerprint density at radius 3 is 2.14 bits per heavy atom. The third-order valence-corrected chi connectivity index (χ3v) is 7.81. The molecule has 0 saturated heterocycles. The predicted molar refractivity (Wildman–Crippen MR) is 125 cm³/mol. The summed E-state index contributed by atoms with van der Waals surface area (Å²) in [5, 5.41) is 19.3. The summed E-state index contributed by atoms with van der Waals surface area (Å²) >= 11 is 17.8. The average Bonchev–Trinajstić information content (AvgIpc) is 3.10. The molecule has 0 unspecified atom stereocenters. The van der Waals surface area contributed by atoms with E-state index in [-0.39, 0.29) is 0 Å². The van der Waals surface area contributed by atoms with Crippen LogP contribution < -0.4 is 5.32 Å². The minimum Gasteiger partial charge on any atom is -0.410 e. The fraction of sp³-hybridized carbons (Fsp3) is 0.190. The van der Waals surface area contributed by atoms with Crippen molar-refractivity contribution in [3.05, 3.63) is 76.9 Å². The van der Waals surface area contributed by atoms with Crippen molar-refractivity contribution in [2.45, 2.75) is 27.7 Å². The molecular formula is C21H19BrCl2N2OS. The van der Waals surface area contributed by atoms with Crippen LogP contribution in [-0.2, 0) is 0 Å². The van der Waals surface area contributed by atoms with Crippen molar-refractivity contribution >= 4 is 67.6 Å². The lowest BCUT2D eigenvalue weighted by molar-refractivity contribution is 0.320. The number of benzene rings is 2. The minimum atomic E-state index is 0.360. The van der Waals surface area contributed by atoms with E-state index in [1.165, 1.54) is 33.6 Å². The van der Waals surface area contributed by atoms with Crippen molar-refractivity contribution in [2.75, 3.05) is 5.32 Å². The van der Waals surface area contributed by atoms with Gasteiger partial charge in [0.1, 0.15) is 5.71 Å². The maximum atomic E-state index is 9.52. The number of nitrogens with one attached hydrogen (secondary N) is 1. The summed E-state index contributed by atoms with van der Waals surface area (Å²) in [5.74, 6) is 0.